The second-order valence-electron chi connectivity index (χ2n) is 5.22. The molecule has 2 unspecified atom stereocenters. The summed E-state index contributed by atoms with van der Waals surface area (Å²) in [6.07, 6.45) is 4.56. The van der Waals surface area contributed by atoms with Crippen molar-refractivity contribution in [2.24, 2.45) is 5.92 Å². The van der Waals surface area contributed by atoms with Crippen molar-refractivity contribution in [3.63, 3.8) is 0 Å². The Bertz CT molecular complexity index is 424. The number of aromatic nitrogens is 1. The standard InChI is InChI=1S/C15H23N3O2/c1-3-6-17-14-10-20-9-13(14)15(19)18-11(2)12-5-4-7-16-8-12/h4-5,7-8,11,13-14,17H,3,6,9-10H2,1-2H3,(H,18,19)/t11-,13?,14?/m1/s1. The zero-order chi connectivity index (χ0) is 14.4. The number of hydrogen-bond donors (Lipinski definition) is 2. The van der Waals surface area contributed by atoms with Gasteiger partial charge < -0.3 is 15.4 Å². The monoisotopic (exact) mass is 277 g/mol. The summed E-state index contributed by atoms with van der Waals surface area (Å²) in [6.45, 7) is 6.10. The molecular weight excluding hydrogens is 254 g/mol. The van der Waals surface area contributed by atoms with E-state index in [2.05, 4.69) is 22.5 Å². The van der Waals surface area contributed by atoms with Crippen LogP contribution in [-0.4, -0.2) is 36.7 Å². The number of carbonyl (C=O) groups excluding carboxylic acids is 1. The summed E-state index contributed by atoms with van der Waals surface area (Å²) in [5, 5.41) is 6.42. The van der Waals surface area contributed by atoms with Gasteiger partial charge in [-0.15, -0.1) is 0 Å². The van der Waals surface area contributed by atoms with E-state index in [-0.39, 0.29) is 23.9 Å². The molecule has 2 heterocycles. The Balaban J connectivity index is 1.90. The highest BCUT2D eigenvalue weighted by Gasteiger charge is 2.34. The Morgan fingerprint density at radius 3 is 3.10 bits per heavy atom. The molecule has 1 fully saturated rings. The van der Waals surface area contributed by atoms with E-state index in [0.717, 1.165) is 18.5 Å². The van der Waals surface area contributed by atoms with E-state index < -0.39 is 0 Å². The smallest absolute Gasteiger partial charge is 0.227 e. The minimum absolute atomic E-state index is 0.0383. The van der Waals surface area contributed by atoms with Crippen molar-refractivity contribution in [2.75, 3.05) is 19.8 Å². The van der Waals surface area contributed by atoms with Gasteiger partial charge in [-0.1, -0.05) is 13.0 Å². The number of pyridine rings is 1. The van der Waals surface area contributed by atoms with E-state index in [4.69, 9.17) is 4.74 Å². The van der Waals surface area contributed by atoms with Gasteiger partial charge in [0.1, 0.15) is 0 Å². The van der Waals surface area contributed by atoms with Crippen LogP contribution in [-0.2, 0) is 9.53 Å². The predicted octanol–water partition coefficient (Wildman–Crippen LogP) is 1.27. The van der Waals surface area contributed by atoms with Crippen molar-refractivity contribution >= 4 is 5.91 Å². The molecule has 5 nitrogen and oxygen atoms in total. The molecule has 2 rings (SSSR count). The van der Waals surface area contributed by atoms with Gasteiger partial charge >= 0.3 is 0 Å². The maximum Gasteiger partial charge on any atom is 0.227 e. The zero-order valence-electron chi connectivity index (χ0n) is 12.1. The average Bonchev–Trinajstić information content (AvgIpc) is 2.94. The summed E-state index contributed by atoms with van der Waals surface area (Å²) < 4.78 is 5.44. The molecule has 1 aliphatic rings. The average molecular weight is 277 g/mol. The number of amides is 1. The lowest BCUT2D eigenvalue weighted by Gasteiger charge is -2.21. The van der Waals surface area contributed by atoms with Crippen LogP contribution in [0.2, 0.25) is 0 Å². The van der Waals surface area contributed by atoms with Gasteiger partial charge in [-0.25, -0.2) is 0 Å². The maximum atomic E-state index is 12.4. The molecule has 0 spiro atoms. The first-order valence-corrected chi connectivity index (χ1v) is 7.23. The molecule has 3 atom stereocenters. The van der Waals surface area contributed by atoms with E-state index in [1.807, 2.05) is 19.1 Å². The highest BCUT2D eigenvalue weighted by Crippen LogP contribution is 2.17. The van der Waals surface area contributed by atoms with Crippen molar-refractivity contribution in [2.45, 2.75) is 32.4 Å². The number of hydrogen-bond acceptors (Lipinski definition) is 4. The van der Waals surface area contributed by atoms with E-state index >= 15 is 0 Å². The van der Waals surface area contributed by atoms with Gasteiger partial charge in [-0.3, -0.25) is 9.78 Å². The molecule has 110 valence electrons. The highest BCUT2D eigenvalue weighted by molar-refractivity contribution is 5.80. The van der Waals surface area contributed by atoms with Gasteiger partial charge in [0, 0.05) is 18.4 Å². The molecule has 0 aromatic carbocycles. The summed E-state index contributed by atoms with van der Waals surface area (Å²) in [7, 11) is 0. The fraction of sp³-hybridized carbons (Fsp3) is 0.600. The number of carbonyl (C=O) groups is 1. The molecule has 2 N–H and O–H groups in total. The lowest BCUT2D eigenvalue weighted by Crippen LogP contribution is -2.44. The zero-order valence-corrected chi connectivity index (χ0v) is 12.1. The van der Waals surface area contributed by atoms with Crippen LogP contribution in [0.15, 0.2) is 24.5 Å². The molecule has 0 bridgehead atoms. The minimum Gasteiger partial charge on any atom is -0.379 e. The molecule has 0 saturated carbocycles. The van der Waals surface area contributed by atoms with Crippen molar-refractivity contribution < 1.29 is 9.53 Å². The summed E-state index contributed by atoms with van der Waals surface area (Å²) >= 11 is 0. The van der Waals surface area contributed by atoms with Gasteiger partial charge in [-0.05, 0) is 31.5 Å². The van der Waals surface area contributed by atoms with Gasteiger partial charge in [-0.2, -0.15) is 0 Å². The Labute approximate surface area is 120 Å². The van der Waals surface area contributed by atoms with E-state index in [0.29, 0.717) is 13.2 Å². The molecule has 1 amide bonds. The van der Waals surface area contributed by atoms with Crippen LogP contribution in [0.1, 0.15) is 31.9 Å². The van der Waals surface area contributed by atoms with Gasteiger partial charge in [0.25, 0.3) is 0 Å². The molecule has 1 aliphatic heterocycles. The van der Waals surface area contributed by atoms with Crippen LogP contribution in [0.5, 0.6) is 0 Å². The summed E-state index contributed by atoms with van der Waals surface area (Å²) in [6, 6.07) is 3.93. The fourth-order valence-corrected chi connectivity index (χ4v) is 2.38. The van der Waals surface area contributed by atoms with Crippen molar-refractivity contribution in [3.8, 4) is 0 Å². The molecule has 1 saturated heterocycles. The number of nitrogens with zero attached hydrogens (tertiary/aromatic N) is 1. The van der Waals surface area contributed by atoms with E-state index in [1.54, 1.807) is 12.4 Å². The van der Waals surface area contributed by atoms with Crippen LogP contribution in [0.3, 0.4) is 0 Å². The second-order valence-corrected chi connectivity index (χ2v) is 5.22. The Morgan fingerprint density at radius 2 is 2.40 bits per heavy atom. The molecule has 0 aliphatic carbocycles. The number of ether oxygens (including phenoxy) is 1. The lowest BCUT2D eigenvalue weighted by molar-refractivity contribution is -0.126. The van der Waals surface area contributed by atoms with Gasteiger partial charge in [0.15, 0.2) is 0 Å². The Morgan fingerprint density at radius 1 is 1.55 bits per heavy atom. The predicted molar refractivity (Wildman–Crippen MR) is 77.2 cm³/mol. The first kappa shape index (κ1) is 14.9. The highest BCUT2D eigenvalue weighted by atomic mass is 16.5. The maximum absolute atomic E-state index is 12.4. The third kappa shape index (κ3) is 3.77. The normalized spacial score (nSPS) is 23.5. The largest absolute Gasteiger partial charge is 0.379 e. The van der Waals surface area contributed by atoms with E-state index in [1.165, 1.54) is 0 Å². The fourth-order valence-electron chi connectivity index (χ4n) is 2.38. The summed E-state index contributed by atoms with van der Waals surface area (Å²) in [5.41, 5.74) is 1.01. The lowest BCUT2D eigenvalue weighted by atomic mass is 10.0. The van der Waals surface area contributed by atoms with Crippen LogP contribution >= 0.6 is 0 Å². The Hall–Kier alpha value is -1.46. The van der Waals surface area contributed by atoms with E-state index in [9.17, 15) is 4.79 Å². The molecule has 20 heavy (non-hydrogen) atoms. The summed E-state index contributed by atoms with van der Waals surface area (Å²) in [5.74, 6) is -0.0619. The second kappa shape index (κ2) is 7.36. The van der Waals surface area contributed by atoms with Crippen molar-refractivity contribution in [1.82, 2.24) is 15.6 Å². The Kier molecular flexibility index (Phi) is 5.49. The third-order valence-electron chi connectivity index (χ3n) is 3.62. The van der Waals surface area contributed by atoms with Crippen LogP contribution in [0, 0.1) is 5.92 Å². The van der Waals surface area contributed by atoms with Crippen molar-refractivity contribution in [1.29, 1.82) is 0 Å². The molecule has 1 aromatic heterocycles. The van der Waals surface area contributed by atoms with Crippen LogP contribution in [0.4, 0.5) is 0 Å². The summed E-state index contributed by atoms with van der Waals surface area (Å²) in [4.78, 5) is 16.4. The number of rotatable bonds is 6. The topological polar surface area (TPSA) is 63.2 Å². The molecule has 5 heteroatoms. The first-order chi connectivity index (χ1) is 9.72. The minimum atomic E-state index is -0.110. The quantitative estimate of drug-likeness (QED) is 0.822. The van der Waals surface area contributed by atoms with Crippen molar-refractivity contribution in [3.05, 3.63) is 30.1 Å². The van der Waals surface area contributed by atoms with Crippen LogP contribution < -0.4 is 10.6 Å². The molecular formula is C15H23N3O2. The van der Waals surface area contributed by atoms with Gasteiger partial charge in [0.05, 0.1) is 25.2 Å². The van der Waals surface area contributed by atoms with Gasteiger partial charge in [0.2, 0.25) is 5.91 Å². The number of nitrogens with one attached hydrogen (secondary N) is 2. The molecule has 0 radical (unpaired) electrons. The van der Waals surface area contributed by atoms with Crippen LogP contribution in [0.25, 0.3) is 0 Å². The SMILES string of the molecule is CCCNC1COCC1C(=O)N[C@H](C)c1cccnc1. The molecule has 1 aromatic rings. The first-order valence-electron chi connectivity index (χ1n) is 7.23. The third-order valence-corrected chi connectivity index (χ3v) is 3.62.